The molecular weight excluding hydrogens is 320 g/mol. The van der Waals surface area contributed by atoms with Crippen molar-refractivity contribution in [2.45, 2.75) is 89.9 Å². The van der Waals surface area contributed by atoms with Crippen LogP contribution in [0.25, 0.3) is 0 Å². The maximum absolute atomic E-state index is 10.7. The van der Waals surface area contributed by atoms with Crippen LogP contribution in [-0.2, 0) is 9.53 Å². The van der Waals surface area contributed by atoms with Gasteiger partial charge in [-0.2, -0.15) is 0 Å². The Balaban J connectivity index is 2.29. The molecule has 0 radical (unpaired) electrons. The summed E-state index contributed by atoms with van der Waals surface area (Å²) < 4.78 is 5.24. The Morgan fingerprint density at radius 3 is 2.68 bits per heavy atom. The van der Waals surface area contributed by atoms with E-state index in [0.29, 0.717) is 12.5 Å². The van der Waals surface area contributed by atoms with Crippen molar-refractivity contribution in [3.05, 3.63) is 12.2 Å². The van der Waals surface area contributed by atoms with E-state index in [9.17, 15) is 15.0 Å². The third-order valence-electron chi connectivity index (χ3n) is 5.17. The van der Waals surface area contributed by atoms with Gasteiger partial charge in [-0.3, -0.25) is 0 Å². The van der Waals surface area contributed by atoms with Gasteiger partial charge in [-0.1, -0.05) is 44.8 Å². The monoisotopic (exact) mass is 356 g/mol. The maximum atomic E-state index is 10.7. The third-order valence-corrected chi connectivity index (χ3v) is 5.17. The summed E-state index contributed by atoms with van der Waals surface area (Å²) in [5, 5.41) is 29.0. The van der Waals surface area contributed by atoms with Crippen LogP contribution in [0, 0.1) is 11.8 Å². The molecule has 5 heteroatoms. The summed E-state index contributed by atoms with van der Waals surface area (Å²) in [6.07, 6.45) is 11.2. The highest BCUT2D eigenvalue weighted by molar-refractivity contribution is 5.71. The molecule has 0 heterocycles. The van der Waals surface area contributed by atoms with Crippen LogP contribution in [-0.4, -0.2) is 46.2 Å². The molecule has 0 aliphatic heterocycles. The van der Waals surface area contributed by atoms with Crippen molar-refractivity contribution in [2.24, 2.45) is 11.8 Å². The molecule has 1 aliphatic rings. The van der Waals surface area contributed by atoms with E-state index in [0.717, 1.165) is 57.8 Å². The number of hydrogen-bond donors (Lipinski definition) is 3. The number of carbonyl (C=O) groups is 1. The Bertz CT molecular complexity index is 396. The Kier molecular flexibility index (Phi) is 11.0. The second-order valence-corrected chi connectivity index (χ2v) is 7.27. The number of hydrogen-bond acceptors (Lipinski definition) is 4. The van der Waals surface area contributed by atoms with Crippen LogP contribution in [0.4, 0.5) is 0 Å². The zero-order valence-electron chi connectivity index (χ0n) is 15.8. The molecule has 0 aromatic carbocycles. The van der Waals surface area contributed by atoms with Gasteiger partial charge in [0.25, 0.3) is 0 Å². The van der Waals surface area contributed by atoms with E-state index in [1.807, 2.05) is 6.08 Å². The molecule has 1 aliphatic carbocycles. The van der Waals surface area contributed by atoms with Crippen molar-refractivity contribution in [3.8, 4) is 0 Å². The molecule has 5 atom stereocenters. The zero-order valence-corrected chi connectivity index (χ0v) is 15.8. The van der Waals surface area contributed by atoms with Gasteiger partial charge >= 0.3 is 5.97 Å². The summed E-state index contributed by atoms with van der Waals surface area (Å²) in [6, 6.07) is 0. The number of carboxylic acids is 1. The first-order valence-electron chi connectivity index (χ1n) is 9.84. The van der Waals surface area contributed by atoms with E-state index in [4.69, 9.17) is 9.84 Å². The van der Waals surface area contributed by atoms with Crippen molar-refractivity contribution in [3.63, 3.8) is 0 Å². The van der Waals surface area contributed by atoms with Crippen molar-refractivity contribution < 1.29 is 24.9 Å². The quantitative estimate of drug-likeness (QED) is 0.347. The second-order valence-electron chi connectivity index (χ2n) is 7.27. The van der Waals surface area contributed by atoms with E-state index < -0.39 is 12.1 Å². The molecule has 1 saturated carbocycles. The third kappa shape index (κ3) is 8.84. The Morgan fingerprint density at radius 2 is 2.00 bits per heavy atom. The van der Waals surface area contributed by atoms with Gasteiger partial charge in [-0.15, -0.1) is 0 Å². The lowest BCUT2D eigenvalue weighted by molar-refractivity contribution is -0.149. The molecular formula is C20H36O5. The number of aliphatic carboxylic acids is 1. The standard InChI is InChI=1S/C20H36O5/c1-3-4-5-8-17(21)12-10-16-11-13-19(22)18(16)9-6-7-14-25-15(2)20(23)24/h10,12,15-19,21-22H,3-9,11,13-14H2,1-2H3,(H,23,24)/t15?,16-,17?,18+,19-/m0/s1. The van der Waals surface area contributed by atoms with Crippen molar-refractivity contribution in [1.82, 2.24) is 0 Å². The first-order chi connectivity index (χ1) is 12.0. The highest BCUT2D eigenvalue weighted by atomic mass is 16.5. The van der Waals surface area contributed by atoms with E-state index in [-0.39, 0.29) is 18.1 Å². The fourth-order valence-electron chi connectivity index (χ4n) is 3.51. The summed E-state index contributed by atoms with van der Waals surface area (Å²) in [5.41, 5.74) is 0. The van der Waals surface area contributed by atoms with E-state index in [1.54, 1.807) is 0 Å². The molecule has 5 nitrogen and oxygen atoms in total. The van der Waals surface area contributed by atoms with Crippen molar-refractivity contribution in [1.29, 1.82) is 0 Å². The predicted molar refractivity (Wildman–Crippen MR) is 98.4 cm³/mol. The predicted octanol–water partition coefficient (Wildman–Crippen LogP) is 3.53. The van der Waals surface area contributed by atoms with Gasteiger partial charge in [0.15, 0.2) is 6.10 Å². The van der Waals surface area contributed by atoms with Crippen LogP contribution < -0.4 is 0 Å². The van der Waals surface area contributed by atoms with Gasteiger partial charge in [0.05, 0.1) is 12.2 Å². The Morgan fingerprint density at radius 1 is 1.24 bits per heavy atom. The van der Waals surface area contributed by atoms with E-state index in [1.165, 1.54) is 6.92 Å². The van der Waals surface area contributed by atoms with Gasteiger partial charge in [-0.25, -0.2) is 4.79 Å². The number of aliphatic hydroxyl groups excluding tert-OH is 2. The molecule has 3 N–H and O–H groups in total. The molecule has 0 bridgehead atoms. The SMILES string of the molecule is CCCCCC(O)C=C[C@H]1CC[C@H](O)[C@@H]1CCCCOC(C)C(=O)O. The molecule has 2 unspecified atom stereocenters. The molecule has 0 spiro atoms. The molecule has 0 aromatic heterocycles. The maximum Gasteiger partial charge on any atom is 0.332 e. The number of rotatable bonds is 13. The lowest BCUT2D eigenvalue weighted by atomic mass is 9.89. The van der Waals surface area contributed by atoms with Gasteiger partial charge < -0.3 is 20.1 Å². The van der Waals surface area contributed by atoms with Gasteiger partial charge in [-0.05, 0) is 50.9 Å². The van der Waals surface area contributed by atoms with Gasteiger partial charge in [0, 0.05) is 6.61 Å². The molecule has 146 valence electrons. The fraction of sp³-hybridized carbons (Fsp3) is 0.850. The Hall–Kier alpha value is -0.910. The molecule has 0 aromatic rings. The van der Waals surface area contributed by atoms with Crippen LogP contribution in [0.5, 0.6) is 0 Å². The van der Waals surface area contributed by atoms with Crippen molar-refractivity contribution >= 4 is 5.97 Å². The Labute approximate surface area is 152 Å². The summed E-state index contributed by atoms with van der Waals surface area (Å²) in [5.74, 6) is -0.375. The average Bonchev–Trinajstić information content (AvgIpc) is 2.92. The minimum absolute atomic E-state index is 0.232. The lowest BCUT2D eigenvalue weighted by Gasteiger charge is -2.20. The largest absolute Gasteiger partial charge is 0.479 e. The van der Waals surface area contributed by atoms with Crippen LogP contribution in [0.2, 0.25) is 0 Å². The van der Waals surface area contributed by atoms with Crippen LogP contribution in [0.1, 0.15) is 71.6 Å². The second kappa shape index (κ2) is 12.4. The zero-order chi connectivity index (χ0) is 18.7. The van der Waals surface area contributed by atoms with Crippen molar-refractivity contribution in [2.75, 3.05) is 6.61 Å². The topological polar surface area (TPSA) is 87.0 Å². The molecule has 0 saturated heterocycles. The minimum atomic E-state index is -0.936. The van der Waals surface area contributed by atoms with Crippen LogP contribution >= 0.6 is 0 Å². The molecule has 25 heavy (non-hydrogen) atoms. The smallest absolute Gasteiger partial charge is 0.332 e. The van der Waals surface area contributed by atoms with Crippen LogP contribution in [0.15, 0.2) is 12.2 Å². The fourth-order valence-corrected chi connectivity index (χ4v) is 3.51. The summed E-state index contributed by atoms with van der Waals surface area (Å²) in [6.45, 7) is 4.13. The van der Waals surface area contributed by atoms with E-state index >= 15 is 0 Å². The van der Waals surface area contributed by atoms with Crippen LogP contribution in [0.3, 0.4) is 0 Å². The first-order valence-corrected chi connectivity index (χ1v) is 9.84. The average molecular weight is 357 g/mol. The number of ether oxygens (including phenoxy) is 1. The number of carboxylic acid groups (broad SMARTS) is 1. The molecule has 1 fully saturated rings. The number of unbranched alkanes of at least 4 members (excludes halogenated alkanes) is 3. The summed E-state index contributed by atoms with van der Waals surface area (Å²) >= 11 is 0. The van der Waals surface area contributed by atoms with E-state index in [2.05, 4.69) is 13.0 Å². The lowest BCUT2D eigenvalue weighted by Crippen LogP contribution is -2.21. The number of aliphatic hydroxyl groups is 2. The highest BCUT2D eigenvalue weighted by Crippen LogP contribution is 2.36. The van der Waals surface area contributed by atoms with Gasteiger partial charge in [0.2, 0.25) is 0 Å². The normalized spacial score (nSPS) is 26.2. The highest BCUT2D eigenvalue weighted by Gasteiger charge is 2.32. The van der Waals surface area contributed by atoms with Gasteiger partial charge in [0.1, 0.15) is 0 Å². The first kappa shape index (κ1) is 22.1. The molecule has 0 amide bonds. The summed E-state index contributed by atoms with van der Waals surface area (Å²) in [7, 11) is 0. The summed E-state index contributed by atoms with van der Waals surface area (Å²) in [4.78, 5) is 10.7. The molecule has 1 rings (SSSR count). The number of allylic oxidation sites excluding steroid dienone is 1. The minimum Gasteiger partial charge on any atom is -0.479 e.